The monoisotopic (exact) mass is 234 g/mol. The van der Waals surface area contributed by atoms with Gasteiger partial charge in [0.2, 0.25) is 0 Å². The number of H-pyrrole nitrogens is 1. The lowest BCUT2D eigenvalue weighted by molar-refractivity contribution is 0.0697. The SMILES string of the molecule is CONCCc1c[nH]c2ccc(C(=O)O)cc12. The second-order valence-electron chi connectivity index (χ2n) is 3.73. The van der Waals surface area contributed by atoms with Crippen molar-refractivity contribution in [1.29, 1.82) is 0 Å². The Labute approximate surface area is 98.4 Å². The summed E-state index contributed by atoms with van der Waals surface area (Å²) in [5.74, 6) is -0.908. The highest BCUT2D eigenvalue weighted by Crippen LogP contribution is 2.20. The summed E-state index contributed by atoms with van der Waals surface area (Å²) in [6.45, 7) is 0.681. The molecule has 5 nitrogen and oxygen atoms in total. The number of aromatic amines is 1. The number of hydrogen-bond acceptors (Lipinski definition) is 3. The molecule has 0 unspecified atom stereocenters. The van der Waals surface area contributed by atoms with Gasteiger partial charge in [0.1, 0.15) is 0 Å². The molecule has 0 fully saturated rings. The number of carboxylic acid groups (broad SMARTS) is 1. The van der Waals surface area contributed by atoms with Crippen LogP contribution in [0.5, 0.6) is 0 Å². The minimum atomic E-state index is -0.908. The maximum Gasteiger partial charge on any atom is 0.335 e. The maximum absolute atomic E-state index is 10.9. The van der Waals surface area contributed by atoms with E-state index in [1.165, 1.54) is 0 Å². The van der Waals surface area contributed by atoms with Crippen LogP contribution in [-0.2, 0) is 11.3 Å². The number of hydrogen-bond donors (Lipinski definition) is 3. The van der Waals surface area contributed by atoms with Crippen molar-refractivity contribution in [3.05, 3.63) is 35.5 Å². The fourth-order valence-electron chi connectivity index (χ4n) is 1.81. The zero-order valence-electron chi connectivity index (χ0n) is 9.49. The number of benzene rings is 1. The third-order valence-electron chi connectivity index (χ3n) is 2.66. The van der Waals surface area contributed by atoms with Gasteiger partial charge in [-0.2, -0.15) is 0 Å². The van der Waals surface area contributed by atoms with Crippen molar-refractivity contribution < 1.29 is 14.7 Å². The van der Waals surface area contributed by atoms with Crippen molar-refractivity contribution in [1.82, 2.24) is 10.5 Å². The van der Waals surface area contributed by atoms with E-state index in [4.69, 9.17) is 9.94 Å². The molecule has 0 saturated carbocycles. The highest BCUT2D eigenvalue weighted by molar-refractivity contribution is 5.94. The van der Waals surface area contributed by atoms with Crippen LogP contribution in [0.2, 0.25) is 0 Å². The summed E-state index contributed by atoms with van der Waals surface area (Å²) < 4.78 is 0. The topological polar surface area (TPSA) is 74.3 Å². The number of carboxylic acids is 1. The molecule has 0 bridgehead atoms. The average molecular weight is 234 g/mol. The van der Waals surface area contributed by atoms with Gasteiger partial charge in [-0.15, -0.1) is 0 Å². The Morgan fingerprint density at radius 3 is 3.06 bits per heavy atom. The molecule has 1 aromatic carbocycles. The fraction of sp³-hybridized carbons (Fsp3) is 0.250. The summed E-state index contributed by atoms with van der Waals surface area (Å²) in [7, 11) is 1.57. The molecular formula is C12H14N2O3. The maximum atomic E-state index is 10.9. The molecule has 0 aliphatic heterocycles. The van der Waals surface area contributed by atoms with Crippen molar-refractivity contribution in [3.63, 3.8) is 0 Å². The Morgan fingerprint density at radius 2 is 2.35 bits per heavy atom. The van der Waals surface area contributed by atoms with Crippen LogP contribution >= 0.6 is 0 Å². The number of aromatic nitrogens is 1. The van der Waals surface area contributed by atoms with Crippen LogP contribution in [0, 0.1) is 0 Å². The van der Waals surface area contributed by atoms with Gasteiger partial charge in [-0.1, -0.05) is 0 Å². The summed E-state index contributed by atoms with van der Waals surface area (Å²) in [6.07, 6.45) is 2.67. The van der Waals surface area contributed by atoms with Crippen LogP contribution in [0.25, 0.3) is 10.9 Å². The zero-order chi connectivity index (χ0) is 12.3. The van der Waals surface area contributed by atoms with Crippen molar-refractivity contribution in [2.75, 3.05) is 13.7 Å². The lowest BCUT2D eigenvalue weighted by Crippen LogP contribution is -2.14. The number of aromatic carboxylic acids is 1. The number of hydroxylamine groups is 1. The van der Waals surface area contributed by atoms with E-state index in [2.05, 4.69) is 10.5 Å². The molecule has 3 N–H and O–H groups in total. The highest BCUT2D eigenvalue weighted by Gasteiger charge is 2.08. The van der Waals surface area contributed by atoms with Crippen LogP contribution < -0.4 is 5.48 Å². The van der Waals surface area contributed by atoms with E-state index in [0.717, 1.165) is 22.9 Å². The van der Waals surface area contributed by atoms with Crippen LogP contribution in [0.3, 0.4) is 0 Å². The Bertz CT molecular complexity index is 534. The summed E-state index contributed by atoms with van der Waals surface area (Å²) in [5.41, 5.74) is 5.09. The van der Waals surface area contributed by atoms with Gasteiger partial charge < -0.3 is 14.9 Å². The first-order valence-electron chi connectivity index (χ1n) is 5.31. The molecule has 0 atom stereocenters. The lowest BCUT2D eigenvalue weighted by atomic mass is 10.1. The van der Waals surface area contributed by atoms with Gasteiger partial charge in [-0.25, -0.2) is 10.3 Å². The molecule has 2 aromatic rings. The highest BCUT2D eigenvalue weighted by atomic mass is 16.6. The molecule has 0 aliphatic carbocycles. The normalized spacial score (nSPS) is 10.9. The van der Waals surface area contributed by atoms with Crippen LogP contribution in [0.4, 0.5) is 0 Å². The van der Waals surface area contributed by atoms with Gasteiger partial charge in [-0.05, 0) is 30.2 Å². The van der Waals surface area contributed by atoms with E-state index in [1.54, 1.807) is 25.3 Å². The van der Waals surface area contributed by atoms with E-state index in [9.17, 15) is 4.79 Å². The molecule has 2 rings (SSSR count). The van der Waals surface area contributed by atoms with Crippen LogP contribution in [0.15, 0.2) is 24.4 Å². The van der Waals surface area contributed by atoms with Gasteiger partial charge >= 0.3 is 5.97 Å². The number of rotatable bonds is 5. The van der Waals surface area contributed by atoms with Crippen molar-refractivity contribution in [2.45, 2.75) is 6.42 Å². The van der Waals surface area contributed by atoms with Gasteiger partial charge in [0.25, 0.3) is 0 Å². The van der Waals surface area contributed by atoms with Gasteiger partial charge in [-0.3, -0.25) is 0 Å². The van der Waals surface area contributed by atoms with E-state index < -0.39 is 5.97 Å². The minimum absolute atomic E-state index is 0.304. The van der Waals surface area contributed by atoms with Crippen molar-refractivity contribution in [2.24, 2.45) is 0 Å². The molecule has 0 spiro atoms. The molecule has 1 heterocycles. The smallest absolute Gasteiger partial charge is 0.335 e. The summed E-state index contributed by atoms with van der Waals surface area (Å²) >= 11 is 0. The Hall–Kier alpha value is -1.85. The second-order valence-corrected chi connectivity index (χ2v) is 3.73. The second kappa shape index (κ2) is 4.99. The first kappa shape index (κ1) is 11.6. The first-order valence-corrected chi connectivity index (χ1v) is 5.31. The van der Waals surface area contributed by atoms with Crippen LogP contribution in [-0.4, -0.2) is 29.7 Å². The molecule has 90 valence electrons. The number of carbonyl (C=O) groups is 1. The Balaban J connectivity index is 2.30. The average Bonchev–Trinajstić information content (AvgIpc) is 2.72. The summed E-state index contributed by atoms with van der Waals surface area (Å²) in [6, 6.07) is 5.07. The zero-order valence-corrected chi connectivity index (χ0v) is 9.49. The van der Waals surface area contributed by atoms with E-state index in [1.807, 2.05) is 6.20 Å². The summed E-state index contributed by atoms with van der Waals surface area (Å²) in [4.78, 5) is 18.8. The van der Waals surface area contributed by atoms with E-state index in [0.29, 0.717) is 12.1 Å². The molecule has 5 heteroatoms. The molecule has 0 radical (unpaired) electrons. The molecule has 1 aromatic heterocycles. The summed E-state index contributed by atoms with van der Waals surface area (Å²) in [5, 5.41) is 9.89. The van der Waals surface area contributed by atoms with Gasteiger partial charge in [0, 0.05) is 23.6 Å². The Kier molecular flexibility index (Phi) is 3.41. The van der Waals surface area contributed by atoms with Crippen molar-refractivity contribution in [3.8, 4) is 0 Å². The lowest BCUT2D eigenvalue weighted by Gasteiger charge is -2.01. The van der Waals surface area contributed by atoms with Gasteiger partial charge in [0.15, 0.2) is 0 Å². The number of fused-ring (bicyclic) bond motifs is 1. The predicted molar refractivity (Wildman–Crippen MR) is 64.0 cm³/mol. The standard InChI is InChI=1S/C12H14N2O3/c1-17-14-5-4-9-7-13-11-3-2-8(12(15)16)6-10(9)11/h2-3,6-7,13-14H,4-5H2,1H3,(H,15,16). The number of nitrogens with one attached hydrogen (secondary N) is 2. The molecule has 0 amide bonds. The minimum Gasteiger partial charge on any atom is -0.478 e. The van der Waals surface area contributed by atoms with Crippen LogP contribution in [0.1, 0.15) is 15.9 Å². The first-order chi connectivity index (χ1) is 8.22. The van der Waals surface area contributed by atoms with E-state index >= 15 is 0 Å². The molecular weight excluding hydrogens is 220 g/mol. The van der Waals surface area contributed by atoms with Crippen molar-refractivity contribution >= 4 is 16.9 Å². The quantitative estimate of drug-likeness (QED) is 0.542. The Morgan fingerprint density at radius 1 is 1.53 bits per heavy atom. The van der Waals surface area contributed by atoms with E-state index in [-0.39, 0.29) is 0 Å². The molecule has 0 aliphatic rings. The third-order valence-corrected chi connectivity index (χ3v) is 2.66. The predicted octanol–water partition coefficient (Wildman–Crippen LogP) is 1.56. The van der Waals surface area contributed by atoms with Gasteiger partial charge in [0.05, 0.1) is 12.7 Å². The fourth-order valence-corrected chi connectivity index (χ4v) is 1.81. The largest absolute Gasteiger partial charge is 0.478 e. The molecule has 17 heavy (non-hydrogen) atoms. The molecule has 0 saturated heterocycles. The third kappa shape index (κ3) is 2.46.